The molecule has 0 saturated carbocycles. The van der Waals surface area contributed by atoms with Crippen LogP contribution in [0.3, 0.4) is 0 Å². The average Bonchev–Trinajstić information content (AvgIpc) is 2.96. The summed E-state index contributed by atoms with van der Waals surface area (Å²) in [6.45, 7) is 1.44. The van der Waals surface area contributed by atoms with Crippen molar-refractivity contribution >= 4 is 23.2 Å². The molecule has 3 rings (SSSR count). The van der Waals surface area contributed by atoms with Crippen LogP contribution in [0.25, 0.3) is 0 Å². The molecular weight excluding hydrogens is 248 g/mol. The molecule has 1 aromatic heterocycles. The van der Waals surface area contributed by atoms with Gasteiger partial charge in [-0.2, -0.15) is 0 Å². The summed E-state index contributed by atoms with van der Waals surface area (Å²) in [6, 6.07) is 3.91. The van der Waals surface area contributed by atoms with E-state index in [2.05, 4.69) is 5.32 Å². The summed E-state index contributed by atoms with van der Waals surface area (Å²) >= 11 is 1.48. The lowest BCUT2D eigenvalue weighted by atomic mass is 9.99. The molecule has 96 valence electrons. The highest BCUT2D eigenvalue weighted by Crippen LogP contribution is 2.27. The van der Waals surface area contributed by atoms with Crippen molar-refractivity contribution in [2.45, 2.75) is 25.3 Å². The number of nitrogens with zero attached hydrogens (tertiary/aromatic N) is 1. The van der Waals surface area contributed by atoms with Gasteiger partial charge in [-0.3, -0.25) is 9.59 Å². The van der Waals surface area contributed by atoms with Gasteiger partial charge in [-0.05, 0) is 30.2 Å². The smallest absolute Gasteiger partial charge is 0.263 e. The molecule has 2 aliphatic rings. The minimum absolute atomic E-state index is 0.104. The van der Waals surface area contributed by atoms with Gasteiger partial charge in [-0.25, -0.2) is 0 Å². The fourth-order valence-corrected chi connectivity index (χ4v) is 3.54. The number of carbonyl (C=O) groups excluding carboxylic acids is 2. The normalized spacial score (nSPS) is 27.6. The molecule has 3 heterocycles. The van der Waals surface area contributed by atoms with Gasteiger partial charge in [0.05, 0.1) is 10.9 Å². The Hall–Kier alpha value is -1.36. The first-order valence-electron chi connectivity index (χ1n) is 6.36. The Morgan fingerprint density at radius 3 is 3.11 bits per heavy atom. The standard InChI is InChI=1S/C13H16N2O2S/c16-12-5-1-3-9-7-15(8-10(9)14-12)13(17)11-4-2-6-18-11/h2,4,6,9-10H,1,3,5,7-8H2,(H,14,16). The molecule has 0 bridgehead atoms. The van der Waals surface area contributed by atoms with Crippen LogP contribution in [0, 0.1) is 5.92 Å². The summed E-state index contributed by atoms with van der Waals surface area (Å²) in [5.41, 5.74) is 0. The lowest BCUT2D eigenvalue weighted by Gasteiger charge is -2.16. The quantitative estimate of drug-likeness (QED) is 0.835. The van der Waals surface area contributed by atoms with Gasteiger partial charge in [0.15, 0.2) is 0 Å². The lowest BCUT2D eigenvalue weighted by Crippen LogP contribution is -2.39. The lowest BCUT2D eigenvalue weighted by molar-refractivity contribution is -0.121. The van der Waals surface area contributed by atoms with E-state index in [1.807, 2.05) is 22.4 Å². The average molecular weight is 264 g/mol. The van der Waals surface area contributed by atoms with E-state index in [0.29, 0.717) is 18.9 Å². The van der Waals surface area contributed by atoms with Gasteiger partial charge in [0.25, 0.3) is 5.91 Å². The van der Waals surface area contributed by atoms with Gasteiger partial charge in [-0.15, -0.1) is 11.3 Å². The Labute approximate surface area is 110 Å². The molecule has 0 aromatic carbocycles. The number of hydrogen-bond donors (Lipinski definition) is 1. The van der Waals surface area contributed by atoms with Gasteiger partial charge in [-0.1, -0.05) is 6.07 Å². The van der Waals surface area contributed by atoms with Crippen molar-refractivity contribution in [3.63, 3.8) is 0 Å². The molecule has 2 unspecified atom stereocenters. The molecule has 1 N–H and O–H groups in total. The number of carbonyl (C=O) groups is 2. The predicted octanol–water partition coefficient (Wildman–Crippen LogP) is 1.49. The minimum atomic E-state index is 0.104. The zero-order valence-corrected chi connectivity index (χ0v) is 10.9. The molecule has 2 fully saturated rings. The topological polar surface area (TPSA) is 49.4 Å². The molecule has 0 aliphatic carbocycles. The maximum atomic E-state index is 12.2. The summed E-state index contributed by atoms with van der Waals surface area (Å²) in [4.78, 5) is 26.4. The highest BCUT2D eigenvalue weighted by Gasteiger charge is 2.37. The number of nitrogens with one attached hydrogen (secondary N) is 1. The van der Waals surface area contributed by atoms with Crippen LogP contribution in [-0.2, 0) is 4.79 Å². The number of fused-ring (bicyclic) bond motifs is 1. The van der Waals surface area contributed by atoms with Crippen molar-refractivity contribution in [1.29, 1.82) is 0 Å². The Kier molecular flexibility index (Phi) is 3.07. The summed E-state index contributed by atoms with van der Waals surface area (Å²) in [5, 5.41) is 4.96. The van der Waals surface area contributed by atoms with E-state index in [-0.39, 0.29) is 17.9 Å². The first-order valence-corrected chi connectivity index (χ1v) is 7.24. The van der Waals surface area contributed by atoms with Gasteiger partial charge in [0, 0.05) is 19.5 Å². The Balaban J connectivity index is 1.71. The first kappa shape index (κ1) is 11.7. The third kappa shape index (κ3) is 2.14. The first-order chi connectivity index (χ1) is 8.74. The van der Waals surface area contributed by atoms with Crippen LogP contribution in [0.15, 0.2) is 17.5 Å². The molecule has 5 heteroatoms. The van der Waals surface area contributed by atoms with E-state index in [0.717, 1.165) is 24.3 Å². The largest absolute Gasteiger partial charge is 0.351 e. The van der Waals surface area contributed by atoms with Crippen LogP contribution >= 0.6 is 11.3 Å². The van der Waals surface area contributed by atoms with E-state index in [9.17, 15) is 9.59 Å². The highest BCUT2D eigenvalue weighted by molar-refractivity contribution is 7.12. The minimum Gasteiger partial charge on any atom is -0.351 e. The summed E-state index contributed by atoms with van der Waals surface area (Å²) in [7, 11) is 0. The van der Waals surface area contributed by atoms with E-state index in [4.69, 9.17) is 0 Å². The van der Waals surface area contributed by atoms with Crippen LogP contribution in [0.5, 0.6) is 0 Å². The SMILES string of the molecule is O=C1CCCC2CN(C(=O)c3cccs3)CC2N1. The van der Waals surface area contributed by atoms with Gasteiger partial charge in [0.1, 0.15) is 0 Å². The summed E-state index contributed by atoms with van der Waals surface area (Å²) in [6.07, 6.45) is 2.61. The second kappa shape index (κ2) is 4.72. The van der Waals surface area contributed by atoms with E-state index in [1.54, 1.807) is 0 Å². The van der Waals surface area contributed by atoms with Crippen LogP contribution < -0.4 is 5.32 Å². The molecule has 2 atom stereocenters. The molecule has 0 spiro atoms. The second-order valence-electron chi connectivity index (χ2n) is 5.01. The number of hydrogen-bond acceptors (Lipinski definition) is 3. The molecular formula is C13H16N2O2S. The Morgan fingerprint density at radius 1 is 1.44 bits per heavy atom. The van der Waals surface area contributed by atoms with E-state index in [1.165, 1.54) is 11.3 Å². The molecule has 1 aromatic rings. The van der Waals surface area contributed by atoms with E-state index < -0.39 is 0 Å². The van der Waals surface area contributed by atoms with Crippen LogP contribution in [0.4, 0.5) is 0 Å². The number of rotatable bonds is 1. The summed E-state index contributed by atoms with van der Waals surface area (Å²) < 4.78 is 0. The van der Waals surface area contributed by atoms with Gasteiger partial charge >= 0.3 is 0 Å². The Morgan fingerprint density at radius 2 is 2.33 bits per heavy atom. The van der Waals surface area contributed by atoms with Crippen molar-refractivity contribution in [2.24, 2.45) is 5.92 Å². The molecule has 18 heavy (non-hydrogen) atoms. The van der Waals surface area contributed by atoms with E-state index >= 15 is 0 Å². The fourth-order valence-electron chi connectivity index (χ4n) is 2.85. The molecule has 0 radical (unpaired) electrons. The van der Waals surface area contributed by atoms with Gasteiger partial charge in [0.2, 0.25) is 5.91 Å². The van der Waals surface area contributed by atoms with Crippen molar-refractivity contribution in [2.75, 3.05) is 13.1 Å². The summed E-state index contributed by atoms with van der Waals surface area (Å²) in [5.74, 6) is 0.667. The molecule has 2 saturated heterocycles. The molecule has 2 amide bonds. The highest BCUT2D eigenvalue weighted by atomic mass is 32.1. The third-order valence-electron chi connectivity index (χ3n) is 3.79. The van der Waals surface area contributed by atoms with Crippen molar-refractivity contribution in [3.05, 3.63) is 22.4 Å². The van der Waals surface area contributed by atoms with Crippen molar-refractivity contribution in [3.8, 4) is 0 Å². The monoisotopic (exact) mass is 264 g/mol. The number of amides is 2. The molecule has 4 nitrogen and oxygen atoms in total. The van der Waals surface area contributed by atoms with Crippen LogP contribution in [0.1, 0.15) is 28.9 Å². The van der Waals surface area contributed by atoms with Crippen LogP contribution in [0.2, 0.25) is 0 Å². The van der Waals surface area contributed by atoms with Crippen LogP contribution in [-0.4, -0.2) is 35.8 Å². The second-order valence-corrected chi connectivity index (χ2v) is 5.96. The third-order valence-corrected chi connectivity index (χ3v) is 4.64. The Bertz CT molecular complexity index is 458. The maximum absolute atomic E-state index is 12.2. The zero-order chi connectivity index (χ0) is 12.5. The van der Waals surface area contributed by atoms with Crippen molar-refractivity contribution in [1.82, 2.24) is 10.2 Å². The van der Waals surface area contributed by atoms with Gasteiger partial charge < -0.3 is 10.2 Å². The maximum Gasteiger partial charge on any atom is 0.263 e. The predicted molar refractivity (Wildman–Crippen MR) is 69.5 cm³/mol. The van der Waals surface area contributed by atoms with Crippen molar-refractivity contribution < 1.29 is 9.59 Å². The zero-order valence-electron chi connectivity index (χ0n) is 10.1. The molecule has 2 aliphatic heterocycles. The number of likely N-dealkylation sites (tertiary alicyclic amines) is 1. The fraction of sp³-hybridized carbons (Fsp3) is 0.538. The number of thiophene rings is 1.